The summed E-state index contributed by atoms with van der Waals surface area (Å²) in [6.45, 7) is 12.5. The Hall–Kier alpha value is 1.54. The van der Waals surface area contributed by atoms with Gasteiger partial charge in [-0.2, -0.15) is 0 Å². The smallest absolute Gasteiger partial charge is 1.00 e. The van der Waals surface area contributed by atoms with Gasteiger partial charge in [0, 0.05) is 16.5 Å². The van der Waals surface area contributed by atoms with Crippen LogP contribution in [0.25, 0.3) is 0 Å². The Labute approximate surface area is 134 Å². The van der Waals surface area contributed by atoms with Gasteiger partial charge in [-0.25, -0.2) is 0 Å². The van der Waals surface area contributed by atoms with E-state index in [2.05, 4.69) is 41.5 Å². The van der Waals surface area contributed by atoms with Crippen molar-refractivity contribution < 1.29 is 71.3 Å². The summed E-state index contributed by atoms with van der Waals surface area (Å²) in [6.07, 6.45) is 0. The van der Waals surface area contributed by atoms with E-state index in [4.69, 9.17) is 5.41 Å². The molecule has 0 aliphatic rings. The molecule has 0 unspecified atom stereocenters. The Morgan fingerprint density at radius 3 is 0.800 bits per heavy atom. The number of halogens is 4. The molecule has 0 aliphatic heterocycles. The minimum absolute atomic E-state index is 0. The van der Waals surface area contributed by atoms with Crippen LogP contribution in [0.1, 0.15) is 41.5 Å². The Morgan fingerprint density at radius 1 is 0.667 bits per heavy atom. The van der Waals surface area contributed by atoms with Crippen molar-refractivity contribution in [2.24, 2.45) is 10.8 Å². The van der Waals surface area contributed by atoms with Crippen LogP contribution in [0.4, 0.5) is 0 Å². The van der Waals surface area contributed by atoms with Gasteiger partial charge in [-0.15, -0.1) is 0 Å². The van der Waals surface area contributed by atoms with Crippen molar-refractivity contribution in [1.29, 1.82) is 5.41 Å². The number of hydrogen-bond acceptors (Lipinski definition) is 1. The van der Waals surface area contributed by atoms with E-state index < -0.39 is 0 Å². The second kappa shape index (κ2) is 12.0. The Morgan fingerprint density at radius 2 is 0.800 bits per heavy atom. The van der Waals surface area contributed by atoms with E-state index in [9.17, 15) is 0 Å². The predicted molar refractivity (Wildman–Crippen MR) is 46.6 cm³/mol. The van der Waals surface area contributed by atoms with Crippen LogP contribution in [0.2, 0.25) is 0 Å². The molecule has 92 valence electrons. The maximum atomic E-state index is 7.79. The van der Waals surface area contributed by atoms with Gasteiger partial charge in [0.05, 0.1) is 0 Å². The van der Waals surface area contributed by atoms with Crippen LogP contribution >= 0.6 is 0 Å². The van der Waals surface area contributed by atoms with Gasteiger partial charge in [-0.1, -0.05) is 41.5 Å². The summed E-state index contributed by atoms with van der Waals surface area (Å²) in [5, 5.41) is 7.79. The minimum Gasteiger partial charge on any atom is -1.00 e. The molecule has 0 fully saturated rings. The van der Waals surface area contributed by atoms with Gasteiger partial charge < -0.3 is 55.0 Å². The van der Waals surface area contributed by atoms with Gasteiger partial charge >= 0.3 is 21.7 Å². The van der Waals surface area contributed by atoms with Crippen molar-refractivity contribution in [1.82, 2.24) is 0 Å². The van der Waals surface area contributed by atoms with Gasteiger partial charge in [0.1, 0.15) is 0 Å². The predicted octanol–water partition coefficient (Wildman–Crippen LogP) is -8.89. The van der Waals surface area contributed by atoms with Gasteiger partial charge in [0.25, 0.3) is 0 Å². The molecule has 0 bridgehead atoms. The summed E-state index contributed by atoms with van der Waals surface area (Å²) in [6, 6.07) is 0. The van der Waals surface area contributed by atoms with Crippen LogP contribution in [0, 0.1) is 16.2 Å². The fraction of sp³-hybridized carbons (Fsp3) is 0.889. The Bertz CT molecular complexity index is 133. The van der Waals surface area contributed by atoms with Gasteiger partial charge in [0.2, 0.25) is 0 Å². The molecule has 0 aliphatic carbocycles. The van der Waals surface area contributed by atoms with Crippen molar-refractivity contribution in [2.45, 2.75) is 41.5 Å². The first-order valence-corrected chi connectivity index (χ1v) is 3.75. The zero-order valence-corrected chi connectivity index (χ0v) is 14.6. The van der Waals surface area contributed by atoms with Crippen molar-refractivity contribution in [3.8, 4) is 0 Å². The first kappa shape index (κ1) is 36.0. The zero-order valence-electron chi connectivity index (χ0n) is 10.0. The molecule has 15 heavy (non-hydrogen) atoms. The summed E-state index contributed by atoms with van der Waals surface area (Å²) >= 11 is 0. The molecule has 1 nitrogen and oxygen atoms in total. The monoisotopic (exact) mass is 329 g/mol. The molecule has 0 saturated carbocycles. The van der Waals surface area contributed by atoms with E-state index in [1.807, 2.05) is 0 Å². The van der Waals surface area contributed by atoms with E-state index >= 15 is 0 Å². The molecule has 0 radical (unpaired) electrons. The van der Waals surface area contributed by atoms with E-state index in [1.165, 1.54) is 0 Å². The SMILES string of the molecule is CC(C)(C)C(=N)C(C)(C)C.[Cl-].[Cl-].[Cl-].[Cl-].[Ti+4]. The molecule has 0 spiro atoms. The third kappa shape index (κ3) is 15.5. The fourth-order valence-electron chi connectivity index (χ4n) is 1.12. The van der Waals surface area contributed by atoms with Gasteiger partial charge in [0.15, 0.2) is 0 Å². The van der Waals surface area contributed by atoms with E-state index in [-0.39, 0.29) is 82.2 Å². The molecule has 0 amide bonds. The molecular formula is C9H19Cl4NTi. The van der Waals surface area contributed by atoms with Crippen LogP contribution in [-0.4, -0.2) is 5.71 Å². The molecule has 0 heterocycles. The van der Waals surface area contributed by atoms with Crippen LogP contribution in [0.5, 0.6) is 0 Å². The molecule has 1 N–H and O–H groups in total. The Balaban J connectivity index is -0.0000000405. The van der Waals surface area contributed by atoms with Gasteiger partial charge in [-0.05, 0) is 0 Å². The second-order valence-electron chi connectivity index (χ2n) is 4.88. The molecule has 0 rings (SSSR count). The molecule has 0 saturated heterocycles. The van der Waals surface area contributed by atoms with Crippen molar-refractivity contribution in [3.63, 3.8) is 0 Å². The van der Waals surface area contributed by atoms with Crippen molar-refractivity contribution >= 4 is 5.71 Å². The molecule has 0 aromatic heterocycles. The largest absolute Gasteiger partial charge is 4.00 e. The normalized spacial score (nSPS) is 8.93. The third-order valence-electron chi connectivity index (χ3n) is 1.50. The fourth-order valence-corrected chi connectivity index (χ4v) is 1.12. The maximum absolute atomic E-state index is 7.79. The van der Waals surface area contributed by atoms with Crippen LogP contribution in [-0.2, 0) is 21.7 Å². The average molecular weight is 331 g/mol. The van der Waals surface area contributed by atoms with E-state index in [0.717, 1.165) is 5.71 Å². The van der Waals surface area contributed by atoms with Crippen LogP contribution in [0.3, 0.4) is 0 Å². The summed E-state index contributed by atoms with van der Waals surface area (Å²) in [5.74, 6) is 0. The van der Waals surface area contributed by atoms with Crippen molar-refractivity contribution in [3.05, 3.63) is 0 Å². The van der Waals surface area contributed by atoms with Gasteiger partial charge in [-0.3, -0.25) is 0 Å². The molecule has 6 heteroatoms. The number of hydrogen-bond donors (Lipinski definition) is 1. The summed E-state index contributed by atoms with van der Waals surface area (Å²) in [4.78, 5) is 0. The van der Waals surface area contributed by atoms with E-state index in [0.29, 0.717) is 0 Å². The number of nitrogens with one attached hydrogen (secondary N) is 1. The molecule has 0 aromatic rings. The molecular weight excluding hydrogens is 312 g/mol. The standard InChI is InChI=1S/C9H19N.4ClH.Ti/c1-8(2,3)7(10)9(4,5)6;;;;;/h10H,1-6H3;4*1H;/q;;;;;+4/p-4. The summed E-state index contributed by atoms with van der Waals surface area (Å²) in [7, 11) is 0. The Kier molecular flexibility index (Phi) is 28.8. The van der Waals surface area contributed by atoms with Crippen molar-refractivity contribution in [2.75, 3.05) is 0 Å². The topological polar surface area (TPSA) is 23.9 Å². The maximum Gasteiger partial charge on any atom is 4.00 e. The third-order valence-corrected chi connectivity index (χ3v) is 1.50. The minimum atomic E-state index is 0. The van der Waals surface area contributed by atoms with E-state index in [1.54, 1.807) is 0 Å². The summed E-state index contributed by atoms with van der Waals surface area (Å²) < 4.78 is 0. The first-order valence-electron chi connectivity index (χ1n) is 3.75. The van der Waals surface area contributed by atoms with Crippen LogP contribution < -0.4 is 49.6 Å². The quantitative estimate of drug-likeness (QED) is 0.337. The average Bonchev–Trinajstić information content (AvgIpc) is 1.59. The first-order chi connectivity index (χ1) is 4.15. The molecule has 0 atom stereocenters. The zero-order chi connectivity index (χ0) is 8.58. The van der Waals surface area contributed by atoms with Crippen LogP contribution in [0.15, 0.2) is 0 Å². The summed E-state index contributed by atoms with van der Waals surface area (Å²) in [5.41, 5.74) is 0.872. The molecule has 0 aromatic carbocycles. The second-order valence-corrected chi connectivity index (χ2v) is 4.88. The number of rotatable bonds is 0.